The van der Waals surface area contributed by atoms with Gasteiger partial charge in [-0.15, -0.1) is 0 Å². The molecule has 0 unspecified atom stereocenters. The van der Waals surface area contributed by atoms with Gasteiger partial charge in [0.15, 0.2) is 0 Å². The highest BCUT2D eigenvalue weighted by molar-refractivity contribution is 6.09. The minimum Gasteiger partial charge on any atom is -0.351 e. The molecule has 0 aliphatic rings. The Labute approximate surface area is 155 Å². The maximum atomic E-state index is 12.8. The molecule has 144 valence electrons. The molecule has 7 heteroatoms. The van der Waals surface area contributed by atoms with Crippen LogP contribution in [0.1, 0.15) is 30.5 Å². The van der Waals surface area contributed by atoms with E-state index < -0.39 is 29.0 Å². The van der Waals surface area contributed by atoms with Crippen LogP contribution in [0.25, 0.3) is 0 Å². The highest BCUT2D eigenvalue weighted by atomic mass is 19.4. The Morgan fingerprint density at radius 1 is 0.963 bits per heavy atom. The van der Waals surface area contributed by atoms with Crippen LogP contribution in [0.3, 0.4) is 0 Å². The van der Waals surface area contributed by atoms with Crippen molar-refractivity contribution in [3.63, 3.8) is 0 Å². The molecular weight excluding hydrogens is 357 g/mol. The molecular formula is C20H21F3N2O2. The van der Waals surface area contributed by atoms with Crippen molar-refractivity contribution in [3.05, 3.63) is 65.2 Å². The van der Waals surface area contributed by atoms with Gasteiger partial charge in [0.05, 0.1) is 5.56 Å². The van der Waals surface area contributed by atoms with E-state index in [1.165, 1.54) is 26.0 Å². The van der Waals surface area contributed by atoms with Gasteiger partial charge in [-0.25, -0.2) is 0 Å². The first-order chi connectivity index (χ1) is 12.5. The first-order valence-electron chi connectivity index (χ1n) is 8.33. The lowest BCUT2D eigenvalue weighted by molar-refractivity contribution is -0.139. The number of anilines is 1. The SMILES string of the molecule is Cc1ccc(CNC(=O)C(C)(C)C(=O)Nc2cccc(C(F)(F)F)c2)cc1. The molecule has 0 saturated carbocycles. The third-order valence-corrected chi connectivity index (χ3v) is 4.16. The molecule has 0 spiro atoms. The van der Waals surface area contributed by atoms with Gasteiger partial charge in [0.25, 0.3) is 0 Å². The second kappa shape index (κ2) is 7.82. The van der Waals surface area contributed by atoms with Gasteiger partial charge in [0.2, 0.25) is 11.8 Å². The smallest absolute Gasteiger partial charge is 0.351 e. The maximum Gasteiger partial charge on any atom is 0.416 e. The van der Waals surface area contributed by atoms with Crippen molar-refractivity contribution in [2.75, 3.05) is 5.32 Å². The predicted molar refractivity (Wildman–Crippen MR) is 96.9 cm³/mol. The Kier molecular flexibility index (Phi) is 5.93. The number of carbonyl (C=O) groups is 2. The summed E-state index contributed by atoms with van der Waals surface area (Å²) in [6, 6.07) is 11.8. The zero-order valence-corrected chi connectivity index (χ0v) is 15.3. The van der Waals surface area contributed by atoms with E-state index in [4.69, 9.17) is 0 Å². The van der Waals surface area contributed by atoms with E-state index in [0.717, 1.165) is 23.3 Å². The van der Waals surface area contributed by atoms with Crippen LogP contribution in [0, 0.1) is 12.3 Å². The van der Waals surface area contributed by atoms with E-state index in [1.807, 2.05) is 31.2 Å². The fourth-order valence-electron chi connectivity index (χ4n) is 2.27. The van der Waals surface area contributed by atoms with Gasteiger partial charge in [0, 0.05) is 12.2 Å². The molecule has 2 rings (SSSR count). The summed E-state index contributed by atoms with van der Waals surface area (Å²) in [5.74, 6) is -1.21. The lowest BCUT2D eigenvalue weighted by Crippen LogP contribution is -2.44. The summed E-state index contributed by atoms with van der Waals surface area (Å²) in [5, 5.41) is 5.06. The number of carbonyl (C=O) groups excluding carboxylic acids is 2. The Balaban J connectivity index is 2.03. The van der Waals surface area contributed by atoms with E-state index >= 15 is 0 Å². The van der Waals surface area contributed by atoms with Crippen molar-refractivity contribution in [3.8, 4) is 0 Å². The lowest BCUT2D eigenvalue weighted by Gasteiger charge is -2.23. The van der Waals surface area contributed by atoms with E-state index in [-0.39, 0.29) is 12.2 Å². The molecule has 27 heavy (non-hydrogen) atoms. The Hall–Kier alpha value is -2.83. The summed E-state index contributed by atoms with van der Waals surface area (Å²) >= 11 is 0. The average molecular weight is 378 g/mol. The Bertz CT molecular complexity index is 828. The molecule has 0 aromatic heterocycles. The maximum absolute atomic E-state index is 12.8. The highest BCUT2D eigenvalue weighted by Gasteiger charge is 2.36. The van der Waals surface area contributed by atoms with Gasteiger partial charge in [0.1, 0.15) is 5.41 Å². The van der Waals surface area contributed by atoms with Crippen LogP contribution in [0.4, 0.5) is 18.9 Å². The average Bonchev–Trinajstić information content (AvgIpc) is 2.60. The molecule has 0 radical (unpaired) electrons. The second-order valence-corrected chi connectivity index (χ2v) is 6.83. The molecule has 2 aromatic carbocycles. The van der Waals surface area contributed by atoms with Crippen LogP contribution >= 0.6 is 0 Å². The number of halogens is 3. The van der Waals surface area contributed by atoms with Gasteiger partial charge < -0.3 is 10.6 Å². The molecule has 4 nitrogen and oxygen atoms in total. The van der Waals surface area contributed by atoms with Crippen LogP contribution in [-0.4, -0.2) is 11.8 Å². The third kappa shape index (κ3) is 5.32. The van der Waals surface area contributed by atoms with Crippen molar-refractivity contribution in [1.82, 2.24) is 5.32 Å². The topological polar surface area (TPSA) is 58.2 Å². The second-order valence-electron chi connectivity index (χ2n) is 6.83. The van der Waals surface area contributed by atoms with Gasteiger partial charge >= 0.3 is 6.18 Å². The number of alkyl halides is 3. The molecule has 0 heterocycles. The standard InChI is InChI=1S/C20H21F3N2O2/c1-13-7-9-14(10-8-13)12-24-17(26)19(2,3)18(27)25-16-6-4-5-15(11-16)20(21,22)23/h4-11H,12H2,1-3H3,(H,24,26)(H,25,27). The van der Waals surface area contributed by atoms with Crippen molar-refractivity contribution in [1.29, 1.82) is 0 Å². The number of hydrogen-bond donors (Lipinski definition) is 2. The number of aryl methyl sites for hydroxylation is 1. The van der Waals surface area contributed by atoms with Gasteiger partial charge in [-0.2, -0.15) is 13.2 Å². The van der Waals surface area contributed by atoms with Gasteiger partial charge in [-0.05, 0) is 44.5 Å². The minimum absolute atomic E-state index is 0.0192. The lowest BCUT2D eigenvalue weighted by atomic mass is 9.90. The zero-order valence-electron chi connectivity index (χ0n) is 15.3. The van der Waals surface area contributed by atoms with Crippen LogP contribution in [0.15, 0.2) is 48.5 Å². The number of amides is 2. The minimum atomic E-state index is -4.51. The van der Waals surface area contributed by atoms with E-state index in [9.17, 15) is 22.8 Å². The van der Waals surface area contributed by atoms with E-state index in [0.29, 0.717) is 0 Å². The van der Waals surface area contributed by atoms with E-state index in [1.54, 1.807) is 0 Å². The molecule has 0 saturated heterocycles. The van der Waals surface area contributed by atoms with Crippen LogP contribution < -0.4 is 10.6 Å². The molecule has 0 aliphatic heterocycles. The van der Waals surface area contributed by atoms with Crippen molar-refractivity contribution < 1.29 is 22.8 Å². The largest absolute Gasteiger partial charge is 0.416 e. The highest BCUT2D eigenvalue weighted by Crippen LogP contribution is 2.31. The molecule has 2 aromatic rings. The molecule has 2 N–H and O–H groups in total. The molecule has 0 atom stereocenters. The summed E-state index contributed by atoms with van der Waals surface area (Å²) in [6.07, 6.45) is -4.51. The summed E-state index contributed by atoms with van der Waals surface area (Å²) in [5.41, 5.74) is -0.385. The fourth-order valence-corrected chi connectivity index (χ4v) is 2.27. The predicted octanol–water partition coefficient (Wildman–Crippen LogP) is 4.29. The van der Waals surface area contributed by atoms with Crippen molar-refractivity contribution in [2.24, 2.45) is 5.41 Å². The summed E-state index contributed by atoms with van der Waals surface area (Å²) in [7, 11) is 0. The first kappa shape index (κ1) is 20.5. The van der Waals surface area contributed by atoms with E-state index in [2.05, 4.69) is 10.6 Å². The number of nitrogens with one attached hydrogen (secondary N) is 2. The molecule has 0 fully saturated rings. The number of rotatable bonds is 5. The van der Waals surface area contributed by atoms with Crippen LogP contribution in [0.2, 0.25) is 0 Å². The van der Waals surface area contributed by atoms with Crippen molar-refractivity contribution in [2.45, 2.75) is 33.5 Å². The quantitative estimate of drug-likeness (QED) is 0.763. The Morgan fingerprint density at radius 3 is 2.19 bits per heavy atom. The number of hydrogen-bond acceptors (Lipinski definition) is 2. The van der Waals surface area contributed by atoms with Gasteiger partial charge in [-0.3, -0.25) is 9.59 Å². The van der Waals surface area contributed by atoms with Crippen LogP contribution in [-0.2, 0) is 22.3 Å². The monoisotopic (exact) mass is 378 g/mol. The normalized spacial score (nSPS) is 11.8. The summed E-state index contributed by atoms with van der Waals surface area (Å²) in [4.78, 5) is 24.9. The third-order valence-electron chi connectivity index (χ3n) is 4.16. The number of benzene rings is 2. The molecule has 0 bridgehead atoms. The summed E-state index contributed by atoms with van der Waals surface area (Å²) < 4.78 is 38.3. The molecule has 2 amide bonds. The van der Waals surface area contributed by atoms with Gasteiger partial charge in [-0.1, -0.05) is 35.9 Å². The Morgan fingerprint density at radius 2 is 1.59 bits per heavy atom. The summed E-state index contributed by atoms with van der Waals surface area (Å²) in [6.45, 7) is 5.03. The first-order valence-corrected chi connectivity index (χ1v) is 8.33. The zero-order chi connectivity index (χ0) is 20.2. The molecule has 0 aliphatic carbocycles. The van der Waals surface area contributed by atoms with Crippen LogP contribution in [0.5, 0.6) is 0 Å². The van der Waals surface area contributed by atoms with Crippen molar-refractivity contribution >= 4 is 17.5 Å². The fraction of sp³-hybridized carbons (Fsp3) is 0.300.